The van der Waals surface area contributed by atoms with Gasteiger partial charge in [-0.15, -0.1) is 0 Å². The Bertz CT molecular complexity index is 449. The van der Waals surface area contributed by atoms with Gasteiger partial charge in [0.05, 0.1) is 6.61 Å². The summed E-state index contributed by atoms with van der Waals surface area (Å²) >= 11 is 0. The summed E-state index contributed by atoms with van der Waals surface area (Å²) < 4.78 is 5.27. The number of aromatic nitrogens is 1. The zero-order valence-electron chi connectivity index (χ0n) is 11.0. The Balaban J connectivity index is 1.94. The molecule has 0 radical (unpaired) electrons. The topological polar surface area (TPSA) is 88.7 Å². The first-order chi connectivity index (χ1) is 9.03. The van der Waals surface area contributed by atoms with Crippen molar-refractivity contribution in [3.63, 3.8) is 0 Å². The monoisotopic (exact) mass is 265 g/mol. The number of ether oxygens (including phenoxy) is 1. The minimum Gasteiger partial charge on any atom is -0.480 e. The summed E-state index contributed by atoms with van der Waals surface area (Å²) in [6, 6.07) is 3.76. The smallest absolute Gasteiger partial charge is 0.325 e. The fourth-order valence-corrected chi connectivity index (χ4v) is 2.22. The van der Waals surface area contributed by atoms with Gasteiger partial charge in [-0.3, -0.25) is 9.69 Å². The van der Waals surface area contributed by atoms with Crippen molar-refractivity contribution < 1.29 is 14.6 Å². The van der Waals surface area contributed by atoms with Crippen LogP contribution in [0.1, 0.15) is 18.9 Å². The first kappa shape index (κ1) is 13.8. The predicted molar refractivity (Wildman–Crippen MR) is 69.9 cm³/mol. The van der Waals surface area contributed by atoms with Gasteiger partial charge in [0.1, 0.15) is 5.54 Å². The molecular formula is C13H19N3O3. The van der Waals surface area contributed by atoms with E-state index in [1.165, 1.54) is 0 Å². The molecule has 1 aliphatic heterocycles. The van der Waals surface area contributed by atoms with Gasteiger partial charge >= 0.3 is 5.97 Å². The summed E-state index contributed by atoms with van der Waals surface area (Å²) in [6.07, 6.45) is 2.23. The zero-order valence-corrected chi connectivity index (χ0v) is 11.0. The van der Waals surface area contributed by atoms with Crippen LogP contribution in [0, 0.1) is 0 Å². The Morgan fingerprint density at radius 1 is 1.63 bits per heavy atom. The molecule has 1 aliphatic rings. The summed E-state index contributed by atoms with van der Waals surface area (Å²) in [5, 5.41) is 9.07. The van der Waals surface area contributed by atoms with E-state index in [2.05, 4.69) is 4.98 Å². The molecule has 0 saturated carbocycles. The molecule has 104 valence electrons. The van der Waals surface area contributed by atoms with Crippen LogP contribution in [0.4, 0.5) is 0 Å². The second kappa shape index (κ2) is 5.54. The van der Waals surface area contributed by atoms with Gasteiger partial charge in [0, 0.05) is 31.9 Å². The Kier molecular flexibility index (Phi) is 4.01. The van der Waals surface area contributed by atoms with E-state index in [0.29, 0.717) is 38.5 Å². The maximum atomic E-state index is 11.1. The lowest BCUT2D eigenvalue weighted by molar-refractivity contribution is -0.142. The minimum absolute atomic E-state index is 0.371. The van der Waals surface area contributed by atoms with Crippen LogP contribution in [0.15, 0.2) is 18.3 Å². The Morgan fingerprint density at radius 3 is 2.95 bits per heavy atom. The van der Waals surface area contributed by atoms with Gasteiger partial charge in [0.2, 0.25) is 5.88 Å². The fourth-order valence-electron chi connectivity index (χ4n) is 2.22. The molecule has 0 aliphatic carbocycles. The van der Waals surface area contributed by atoms with Crippen LogP contribution in [0.2, 0.25) is 0 Å². The molecule has 1 fully saturated rings. The fraction of sp³-hybridized carbons (Fsp3) is 0.538. The van der Waals surface area contributed by atoms with Crippen LogP contribution in [0.5, 0.6) is 5.88 Å². The third-order valence-corrected chi connectivity index (χ3v) is 3.30. The van der Waals surface area contributed by atoms with Gasteiger partial charge in [-0.25, -0.2) is 4.98 Å². The number of nitrogens with two attached hydrogens (primary N) is 1. The van der Waals surface area contributed by atoms with E-state index in [1.807, 2.05) is 24.0 Å². The average molecular weight is 265 g/mol. The summed E-state index contributed by atoms with van der Waals surface area (Å²) in [5.41, 5.74) is 5.75. The quantitative estimate of drug-likeness (QED) is 0.804. The van der Waals surface area contributed by atoms with E-state index < -0.39 is 11.5 Å². The number of rotatable bonds is 5. The van der Waals surface area contributed by atoms with Crippen molar-refractivity contribution in [2.75, 3.05) is 19.7 Å². The van der Waals surface area contributed by atoms with Crippen molar-refractivity contribution in [2.24, 2.45) is 5.73 Å². The van der Waals surface area contributed by atoms with Crippen LogP contribution in [0.25, 0.3) is 0 Å². The molecule has 1 aromatic heterocycles. The van der Waals surface area contributed by atoms with Gasteiger partial charge in [0.15, 0.2) is 0 Å². The molecule has 0 amide bonds. The Morgan fingerprint density at radius 2 is 2.42 bits per heavy atom. The number of hydrogen-bond acceptors (Lipinski definition) is 5. The number of likely N-dealkylation sites (tertiary alicyclic amines) is 1. The SMILES string of the molecule is CCOc1ccc(CN2CC[C@@](N)(C(=O)O)C2)cn1. The molecule has 0 aromatic carbocycles. The summed E-state index contributed by atoms with van der Waals surface area (Å²) in [4.78, 5) is 17.3. The molecule has 6 nitrogen and oxygen atoms in total. The number of pyridine rings is 1. The lowest BCUT2D eigenvalue weighted by Crippen LogP contribution is -2.50. The van der Waals surface area contributed by atoms with Gasteiger partial charge in [-0.1, -0.05) is 6.07 Å². The molecule has 0 unspecified atom stereocenters. The lowest BCUT2D eigenvalue weighted by atomic mass is 10.0. The molecular weight excluding hydrogens is 246 g/mol. The van der Waals surface area contributed by atoms with Crippen molar-refractivity contribution in [1.82, 2.24) is 9.88 Å². The van der Waals surface area contributed by atoms with Crippen molar-refractivity contribution in [3.8, 4) is 5.88 Å². The number of hydrogen-bond donors (Lipinski definition) is 2. The van der Waals surface area contributed by atoms with E-state index >= 15 is 0 Å². The van der Waals surface area contributed by atoms with E-state index in [-0.39, 0.29) is 0 Å². The van der Waals surface area contributed by atoms with E-state index in [9.17, 15) is 4.79 Å². The van der Waals surface area contributed by atoms with Crippen molar-refractivity contribution >= 4 is 5.97 Å². The van der Waals surface area contributed by atoms with Crippen LogP contribution < -0.4 is 10.5 Å². The molecule has 19 heavy (non-hydrogen) atoms. The molecule has 1 saturated heterocycles. The molecule has 3 N–H and O–H groups in total. The molecule has 2 rings (SSSR count). The largest absolute Gasteiger partial charge is 0.480 e. The third kappa shape index (κ3) is 3.21. The summed E-state index contributed by atoms with van der Waals surface area (Å²) in [6.45, 7) is 4.22. The third-order valence-electron chi connectivity index (χ3n) is 3.30. The van der Waals surface area contributed by atoms with E-state index in [4.69, 9.17) is 15.6 Å². The van der Waals surface area contributed by atoms with Crippen molar-refractivity contribution in [3.05, 3.63) is 23.9 Å². The van der Waals surface area contributed by atoms with E-state index in [0.717, 1.165) is 5.56 Å². The average Bonchev–Trinajstić information content (AvgIpc) is 2.75. The molecule has 6 heteroatoms. The highest BCUT2D eigenvalue weighted by molar-refractivity contribution is 5.79. The number of carboxylic acid groups (broad SMARTS) is 1. The lowest BCUT2D eigenvalue weighted by Gasteiger charge is -2.19. The van der Waals surface area contributed by atoms with Gasteiger partial charge < -0.3 is 15.6 Å². The molecule has 0 bridgehead atoms. The molecule has 0 spiro atoms. The summed E-state index contributed by atoms with van der Waals surface area (Å²) in [7, 11) is 0. The second-order valence-electron chi connectivity index (χ2n) is 4.86. The highest BCUT2D eigenvalue weighted by Gasteiger charge is 2.40. The van der Waals surface area contributed by atoms with Gasteiger partial charge in [0.25, 0.3) is 0 Å². The number of carbonyl (C=O) groups is 1. The van der Waals surface area contributed by atoms with Crippen LogP contribution in [0.3, 0.4) is 0 Å². The maximum Gasteiger partial charge on any atom is 0.325 e. The molecule has 1 aromatic rings. The van der Waals surface area contributed by atoms with Crippen molar-refractivity contribution in [2.45, 2.75) is 25.4 Å². The minimum atomic E-state index is -1.11. The first-order valence-corrected chi connectivity index (χ1v) is 6.36. The van der Waals surface area contributed by atoms with Gasteiger partial charge in [-0.05, 0) is 18.9 Å². The standard InChI is InChI=1S/C13H19N3O3/c1-2-19-11-4-3-10(7-15-11)8-16-6-5-13(14,9-16)12(17)18/h3-4,7H,2,5-6,8-9,14H2,1H3,(H,17,18)/t13-/m0/s1. The Labute approximate surface area is 112 Å². The Hall–Kier alpha value is -1.66. The van der Waals surface area contributed by atoms with Crippen molar-refractivity contribution in [1.29, 1.82) is 0 Å². The first-order valence-electron chi connectivity index (χ1n) is 6.36. The predicted octanol–water partition coefficient (Wildman–Crippen LogP) is 0.468. The molecule has 1 atom stereocenters. The van der Waals surface area contributed by atoms with Crippen LogP contribution >= 0.6 is 0 Å². The summed E-state index contributed by atoms with van der Waals surface area (Å²) in [5.74, 6) is -0.328. The number of nitrogens with zero attached hydrogens (tertiary/aromatic N) is 2. The maximum absolute atomic E-state index is 11.1. The number of carboxylic acids is 1. The highest BCUT2D eigenvalue weighted by Crippen LogP contribution is 2.21. The normalized spacial score (nSPS) is 23.5. The van der Waals surface area contributed by atoms with E-state index in [1.54, 1.807) is 6.20 Å². The van der Waals surface area contributed by atoms with Crippen LogP contribution in [-0.2, 0) is 11.3 Å². The molecule has 2 heterocycles. The second-order valence-corrected chi connectivity index (χ2v) is 4.86. The zero-order chi connectivity index (χ0) is 13.9. The van der Waals surface area contributed by atoms with Gasteiger partial charge in [-0.2, -0.15) is 0 Å². The number of aliphatic carboxylic acids is 1. The highest BCUT2D eigenvalue weighted by atomic mass is 16.5. The van der Waals surface area contributed by atoms with Crippen LogP contribution in [-0.4, -0.2) is 46.2 Å².